The largest absolute Gasteiger partial charge is 0.573 e. The number of hydrogen-bond acceptors (Lipinski definition) is 6. The Morgan fingerprint density at radius 3 is 2.61 bits per heavy atom. The second-order valence-electron chi connectivity index (χ2n) is 10.5. The minimum atomic E-state index is -5.01. The predicted molar refractivity (Wildman–Crippen MR) is 132 cm³/mol. The number of pyridine rings is 1. The van der Waals surface area contributed by atoms with Crippen molar-refractivity contribution in [3.8, 4) is 5.75 Å². The van der Waals surface area contributed by atoms with E-state index in [9.17, 15) is 27.5 Å². The van der Waals surface area contributed by atoms with Crippen LogP contribution < -0.4 is 15.0 Å². The fraction of sp³-hybridized carbons (Fsp3) is 0.556. The molecule has 11 heteroatoms. The van der Waals surface area contributed by atoms with Gasteiger partial charge in [0.15, 0.2) is 11.6 Å². The van der Waals surface area contributed by atoms with Crippen molar-refractivity contribution >= 4 is 11.6 Å². The summed E-state index contributed by atoms with van der Waals surface area (Å²) < 4.78 is 56.0. The third-order valence-corrected chi connectivity index (χ3v) is 7.72. The molecule has 1 saturated carbocycles. The average molecular weight is 537 g/mol. The molecule has 1 amide bonds. The van der Waals surface area contributed by atoms with E-state index in [1.165, 1.54) is 6.07 Å². The highest BCUT2D eigenvalue weighted by Crippen LogP contribution is 2.44. The molecule has 2 aliphatic carbocycles. The Morgan fingerprint density at radius 1 is 1.21 bits per heavy atom. The second kappa shape index (κ2) is 10.7. The van der Waals surface area contributed by atoms with Gasteiger partial charge in [0.1, 0.15) is 0 Å². The van der Waals surface area contributed by atoms with E-state index in [0.717, 1.165) is 48.3 Å². The molecular weight excluding hydrogens is 504 g/mol. The van der Waals surface area contributed by atoms with Crippen LogP contribution in [0.5, 0.6) is 5.75 Å². The zero-order valence-corrected chi connectivity index (χ0v) is 21.2. The molecule has 1 aromatic heterocycles. The van der Waals surface area contributed by atoms with E-state index in [1.807, 2.05) is 6.20 Å². The van der Waals surface area contributed by atoms with Gasteiger partial charge in [0, 0.05) is 44.5 Å². The normalized spacial score (nSPS) is 22.4. The van der Waals surface area contributed by atoms with Crippen LogP contribution in [-0.2, 0) is 4.79 Å². The maximum Gasteiger partial charge on any atom is 0.573 e. The minimum absolute atomic E-state index is 0.197. The molecule has 206 valence electrons. The Balaban J connectivity index is 1.29. The Hall–Kier alpha value is -2.92. The van der Waals surface area contributed by atoms with E-state index in [-0.39, 0.29) is 18.4 Å². The smallest absolute Gasteiger partial charge is 0.403 e. The number of aliphatic hydroxyl groups excluding tert-OH is 1. The van der Waals surface area contributed by atoms with Crippen molar-refractivity contribution in [1.82, 2.24) is 15.2 Å². The lowest BCUT2D eigenvalue weighted by atomic mass is 9.96. The van der Waals surface area contributed by atoms with Crippen LogP contribution in [0.1, 0.15) is 60.8 Å². The van der Waals surface area contributed by atoms with Crippen molar-refractivity contribution in [3.05, 3.63) is 53.1 Å². The number of ether oxygens (including phenoxy) is 1. The highest BCUT2D eigenvalue weighted by Gasteiger charge is 2.35. The number of fused-ring (bicyclic) bond motifs is 1. The lowest BCUT2D eigenvalue weighted by Gasteiger charge is -2.38. The number of benzene rings is 1. The maximum atomic E-state index is 14.5. The molecule has 2 fully saturated rings. The van der Waals surface area contributed by atoms with Crippen molar-refractivity contribution in [2.75, 3.05) is 44.2 Å². The molecule has 3 aliphatic rings. The van der Waals surface area contributed by atoms with Gasteiger partial charge in [-0.1, -0.05) is 13.0 Å². The molecule has 5 rings (SSSR count). The SMILES string of the molecule is C[C@@H]1C[C@H](O)c2cncc(N3CCN(C(=O)[C@H](CNCC4CC4)c4ccc(OC(F)(F)F)c(F)c4)CC3)c21. The van der Waals surface area contributed by atoms with Crippen molar-refractivity contribution in [2.45, 2.75) is 50.5 Å². The summed E-state index contributed by atoms with van der Waals surface area (Å²) in [6.07, 6.45) is 0.906. The number of carbonyl (C=O) groups excluding carboxylic acids is 1. The first-order valence-electron chi connectivity index (χ1n) is 13.1. The van der Waals surface area contributed by atoms with E-state index in [1.54, 1.807) is 11.1 Å². The molecule has 7 nitrogen and oxygen atoms in total. The number of nitrogens with one attached hydrogen (secondary N) is 1. The summed E-state index contributed by atoms with van der Waals surface area (Å²) in [4.78, 5) is 21.9. The summed E-state index contributed by atoms with van der Waals surface area (Å²) in [6.45, 7) is 5.11. The fourth-order valence-electron chi connectivity index (χ4n) is 5.54. The molecule has 38 heavy (non-hydrogen) atoms. The predicted octanol–water partition coefficient (Wildman–Crippen LogP) is 4.09. The number of nitrogens with zero attached hydrogens (tertiary/aromatic N) is 3. The first-order valence-corrected chi connectivity index (χ1v) is 13.1. The van der Waals surface area contributed by atoms with Gasteiger partial charge < -0.3 is 25.0 Å². The number of aliphatic hydroxyl groups is 1. The summed E-state index contributed by atoms with van der Waals surface area (Å²) in [5, 5.41) is 13.6. The molecule has 0 spiro atoms. The number of rotatable bonds is 8. The quantitative estimate of drug-likeness (QED) is 0.495. The molecule has 1 aromatic carbocycles. The van der Waals surface area contributed by atoms with Gasteiger partial charge in [0.05, 0.1) is 23.9 Å². The number of hydrogen-bond donors (Lipinski definition) is 2. The van der Waals surface area contributed by atoms with Gasteiger partial charge in [0.2, 0.25) is 5.91 Å². The summed E-state index contributed by atoms with van der Waals surface area (Å²) >= 11 is 0. The van der Waals surface area contributed by atoms with Gasteiger partial charge in [-0.25, -0.2) is 4.39 Å². The standard InChI is InChI=1S/C27H32F4N4O3/c1-16-10-23(36)20-14-33-15-22(25(16)20)34-6-8-35(9-7-34)26(37)19(13-32-12-17-2-3-17)18-4-5-24(21(28)11-18)38-27(29,30)31/h4-5,11,14-17,19,23,32,36H,2-3,6-10,12-13H2,1H3/t16-,19-,23+/m1/s1. The minimum Gasteiger partial charge on any atom is -0.403 e. The Labute approximate surface area is 218 Å². The topological polar surface area (TPSA) is 77.9 Å². The van der Waals surface area contributed by atoms with E-state index in [0.29, 0.717) is 44.1 Å². The van der Waals surface area contributed by atoms with E-state index in [2.05, 4.69) is 26.9 Å². The third kappa shape index (κ3) is 5.88. The molecule has 2 heterocycles. The first-order chi connectivity index (χ1) is 18.1. The molecule has 1 saturated heterocycles. The fourth-order valence-corrected chi connectivity index (χ4v) is 5.54. The van der Waals surface area contributed by atoms with Crippen LogP contribution in [0.3, 0.4) is 0 Å². The van der Waals surface area contributed by atoms with Crippen LogP contribution in [0.15, 0.2) is 30.6 Å². The molecule has 0 radical (unpaired) electrons. The van der Waals surface area contributed by atoms with Crippen LogP contribution in [-0.4, -0.2) is 66.5 Å². The van der Waals surface area contributed by atoms with Gasteiger partial charge in [-0.3, -0.25) is 9.78 Å². The lowest BCUT2D eigenvalue weighted by Crippen LogP contribution is -2.51. The molecule has 2 N–H and O–H groups in total. The Kier molecular flexibility index (Phi) is 7.50. The number of anilines is 1. The molecule has 2 aromatic rings. The zero-order chi connectivity index (χ0) is 27.0. The highest BCUT2D eigenvalue weighted by atomic mass is 19.4. The summed E-state index contributed by atoms with van der Waals surface area (Å²) in [5.41, 5.74) is 3.24. The van der Waals surface area contributed by atoms with E-state index in [4.69, 9.17) is 0 Å². The maximum absolute atomic E-state index is 14.5. The number of halogens is 4. The molecule has 0 unspecified atom stereocenters. The van der Waals surface area contributed by atoms with Crippen LogP contribution in [0, 0.1) is 11.7 Å². The van der Waals surface area contributed by atoms with Gasteiger partial charge in [-0.2, -0.15) is 0 Å². The number of amides is 1. The van der Waals surface area contributed by atoms with Crippen LogP contribution >= 0.6 is 0 Å². The summed E-state index contributed by atoms with van der Waals surface area (Å²) in [5.74, 6) is -2.25. The van der Waals surface area contributed by atoms with E-state index >= 15 is 0 Å². The van der Waals surface area contributed by atoms with Crippen molar-refractivity contribution in [2.24, 2.45) is 5.92 Å². The lowest BCUT2D eigenvalue weighted by molar-refractivity contribution is -0.275. The molecular formula is C27H32F4N4O3. The Morgan fingerprint density at radius 2 is 1.95 bits per heavy atom. The van der Waals surface area contributed by atoms with Crippen molar-refractivity contribution < 1.29 is 32.2 Å². The second-order valence-corrected chi connectivity index (χ2v) is 10.5. The monoisotopic (exact) mass is 536 g/mol. The van der Waals surface area contributed by atoms with Crippen LogP contribution in [0.2, 0.25) is 0 Å². The van der Waals surface area contributed by atoms with Gasteiger partial charge in [-0.15, -0.1) is 13.2 Å². The molecule has 1 aliphatic heterocycles. The van der Waals surface area contributed by atoms with Crippen molar-refractivity contribution in [1.29, 1.82) is 0 Å². The Bertz CT molecular complexity index is 1170. The van der Waals surface area contributed by atoms with Crippen LogP contribution in [0.25, 0.3) is 0 Å². The number of alkyl halides is 3. The third-order valence-electron chi connectivity index (χ3n) is 7.72. The number of aromatic nitrogens is 1. The van der Waals surface area contributed by atoms with Gasteiger partial charge in [-0.05, 0) is 60.9 Å². The average Bonchev–Trinajstić information content (AvgIpc) is 3.66. The summed E-state index contributed by atoms with van der Waals surface area (Å²) in [7, 11) is 0. The van der Waals surface area contributed by atoms with Gasteiger partial charge in [0.25, 0.3) is 0 Å². The van der Waals surface area contributed by atoms with E-state index < -0.39 is 30.0 Å². The first kappa shape index (κ1) is 26.7. The molecule has 0 bridgehead atoms. The highest BCUT2D eigenvalue weighted by molar-refractivity contribution is 5.84. The van der Waals surface area contributed by atoms with Gasteiger partial charge >= 0.3 is 6.36 Å². The number of carbonyl (C=O) groups is 1. The van der Waals surface area contributed by atoms with Crippen LogP contribution in [0.4, 0.5) is 23.2 Å². The van der Waals surface area contributed by atoms with Crippen molar-refractivity contribution in [3.63, 3.8) is 0 Å². The zero-order valence-electron chi connectivity index (χ0n) is 21.2. The molecule has 3 atom stereocenters. The number of piperazine rings is 1. The summed E-state index contributed by atoms with van der Waals surface area (Å²) in [6, 6.07) is 3.22.